The SMILES string of the molecule is Cc1cccc(C(=O)NCc2ccc(S(=O)(=O)N3CCOCC3)s2)c1[N+](=O)[O-]. The van der Waals surface area contributed by atoms with Crippen molar-refractivity contribution < 1.29 is 22.9 Å². The van der Waals surface area contributed by atoms with E-state index in [9.17, 15) is 23.3 Å². The Labute approximate surface area is 166 Å². The van der Waals surface area contributed by atoms with Gasteiger partial charge in [-0.25, -0.2) is 8.42 Å². The second kappa shape index (κ2) is 8.35. The first-order valence-corrected chi connectivity index (χ1v) is 10.7. The minimum atomic E-state index is -3.59. The summed E-state index contributed by atoms with van der Waals surface area (Å²) in [4.78, 5) is 23.7. The number of ether oxygens (including phenoxy) is 1. The lowest BCUT2D eigenvalue weighted by Gasteiger charge is -2.25. The molecule has 1 N–H and O–H groups in total. The lowest BCUT2D eigenvalue weighted by molar-refractivity contribution is -0.385. The van der Waals surface area contributed by atoms with Gasteiger partial charge in [0.2, 0.25) is 0 Å². The predicted molar refractivity (Wildman–Crippen MR) is 103 cm³/mol. The molecule has 1 aromatic heterocycles. The highest BCUT2D eigenvalue weighted by molar-refractivity contribution is 7.91. The Balaban J connectivity index is 1.71. The van der Waals surface area contributed by atoms with Gasteiger partial charge in [0.05, 0.1) is 24.7 Å². The number of nitro benzene ring substituents is 1. The molecule has 11 heteroatoms. The van der Waals surface area contributed by atoms with Gasteiger partial charge in [-0.3, -0.25) is 14.9 Å². The lowest BCUT2D eigenvalue weighted by Crippen LogP contribution is -2.40. The molecule has 0 atom stereocenters. The van der Waals surface area contributed by atoms with Crippen LogP contribution >= 0.6 is 11.3 Å². The van der Waals surface area contributed by atoms with E-state index in [1.807, 2.05) is 0 Å². The van der Waals surface area contributed by atoms with Crippen molar-refractivity contribution in [2.45, 2.75) is 17.7 Å². The van der Waals surface area contributed by atoms with Crippen LogP contribution in [0.1, 0.15) is 20.8 Å². The molecular weight excluding hydrogens is 406 g/mol. The van der Waals surface area contributed by atoms with Gasteiger partial charge in [0.25, 0.3) is 21.6 Å². The molecule has 9 nitrogen and oxygen atoms in total. The fourth-order valence-corrected chi connectivity index (χ4v) is 5.71. The van der Waals surface area contributed by atoms with Gasteiger partial charge in [-0.1, -0.05) is 12.1 Å². The highest BCUT2D eigenvalue weighted by Crippen LogP contribution is 2.26. The number of rotatable bonds is 6. The molecule has 1 aliphatic heterocycles. The number of nitrogens with zero attached hydrogens (tertiary/aromatic N) is 2. The quantitative estimate of drug-likeness (QED) is 0.558. The summed E-state index contributed by atoms with van der Waals surface area (Å²) in [7, 11) is -3.59. The van der Waals surface area contributed by atoms with Crippen LogP contribution in [0.3, 0.4) is 0 Å². The van der Waals surface area contributed by atoms with E-state index in [4.69, 9.17) is 4.74 Å². The molecule has 1 fully saturated rings. The summed E-state index contributed by atoms with van der Waals surface area (Å²) in [5, 5.41) is 13.9. The van der Waals surface area contributed by atoms with Crippen LogP contribution in [0, 0.1) is 17.0 Å². The van der Waals surface area contributed by atoms with Crippen LogP contribution in [0.2, 0.25) is 0 Å². The molecule has 0 saturated carbocycles. The van der Waals surface area contributed by atoms with Crippen molar-refractivity contribution in [3.63, 3.8) is 0 Å². The van der Waals surface area contributed by atoms with Gasteiger partial charge in [0, 0.05) is 23.5 Å². The van der Waals surface area contributed by atoms with Gasteiger partial charge in [-0.05, 0) is 25.1 Å². The first-order chi connectivity index (χ1) is 13.3. The third-order valence-corrected chi connectivity index (χ3v) is 7.74. The van der Waals surface area contributed by atoms with E-state index in [0.29, 0.717) is 36.7 Å². The maximum atomic E-state index is 12.6. The number of benzene rings is 1. The minimum Gasteiger partial charge on any atom is -0.379 e. The molecule has 3 rings (SSSR count). The molecule has 0 aliphatic carbocycles. The Morgan fingerprint density at radius 1 is 1.29 bits per heavy atom. The second-order valence-electron chi connectivity index (χ2n) is 6.15. The average molecular weight is 425 g/mol. The smallest absolute Gasteiger partial charge is 0.285 e. The zero-order valence-corrected chi connectivity index (χ0v) is 16.7. The van der Waals surface area contributed by atoms with Crippen LogP contribution in [-0.4, -0.2) is 49.9 Å². The Morgan fingerprint density at radius 3 is 2.68 bits per heavy atom. The number of hydrogen-bond acceptors (Lipinski definition) is 7. The van der Waals surface area contributed by atoms with E-state index in [2.05, 4.69) is 5.32 Å². The molecule has 0 bridgehead atoms. The Morgan fingerprint density at radius 2 is 2.00 bits per heavy atom. The second-order valence-corrected chi connectivity index (χ2v) is 9.48. The van der Waals surface area contributed by atoms with Gasteiger partial charge in [-0.2, -0.15) is 4.31 Å². The molecule has 150 valence electrons. The lowest BCUT2D eigenvalue weighted by atomic mass is 10.1. The third kappa shape index (κ3) is 4.22. The Bertz CT molecular complexity index is 996. The van der Waals surface area contributed by atoms with E-state index >= 15 is 0 Å². The summed E-state index contributed by atoms with van der Waals surface area (Å²) in [6.07, 6.45) is 0. The highest BCUT2D eigenvalue weighted by Gasteiger charge is 2.28. The van der Waals surface area contributed by atoms with E-state index in [1.54, 1.807) is 25.1 Å². The number of hydrogen-bond donors (Lipinski definition) is 1. The predicted octanol–water partition coefficient (Wildman–Crippen LogP) is 1.92. The molecule has 1 aliphatic rings. The van der Waals surface area contributed by atoms with Crippen LogP contribution < -0.4 is 5.32 Å². The van der Waals surface area contributed by atoms with Crippen LogP contribution in [-0.2, 0) is 21.3 Å². The van der Waals surface area contributed by atoms with Crippen molar-refractivity contribution in [2.24, 2.45) is 0 Å². The number of para-hydroxylation sites is 1. The maximum absolute atomic E-state index is 12.6. The summed E-state index contributed by atoms with van der Waals surface area (Å²) >= 11 is 1.07. The number of thiophene rings is 1. The van der Waals surface area contributed by atoms with E-state index in [1.165, 1.54) is 16.4 Å². The molecule has 1 saturated heterocycles. The molecule has 0 unspecified atom stereocenters. The highest BCUT2D eigenvalue weighted by atomic mass is 32.2. The van der Waals surface area contributed by atoms with Gasteiger partial charge in [0.15, 0.2) is 0 Å². The maximum Gasteiger partial charge on any atom is 0.285 e. The number of nitrogens with one attached hydrogen (secondary N) is 1. The fraction of sp³-hybridized carbons (Fsp3) is 0.353. The van der Waals surface area contributed by atoms with Gasteiger partial charge < -0.3 is 10.1 Å². The van der Waals surface area contributed by atoms with Crippen LogP contribution in [0.25, 0.3) is 0 Å². The molecule has 1 aromatic carbocycles. The topological polar surface area (TPSA) is 119 Å². The number of carbonyl (C=O) groups is 1. The van der Waals surface area contributed by atoms with Gasteiger partial charge in [0.1, 0.15) is 9.77 Å². The number of morpholine rings is 1. The van der Waals surface area contributed by atoms with Crippen molar-refractivity contribution in [1.29, 1.82) is 0 Å². The van der Waals surface area contributed by atoms with E-state index in [-0.39, 0.29) is 22.0 Å². The van der Waals surface area contributed by atoms with Crippen molar-refractivity contribution >= 4 is 33.0 Å². The number of sulfonamides is 1. The number of amides is 1. The summed E-state index contributed by atoms with van der Waals surface area (Å²) in [6, 6.07) is 7.67. The zero-order chi connectivity index (χ0) is 20.3. The molecule has 2 heterocycles. The molecule has 0 spiro atoms. The first-order valence-electron chi connectivity index (χ1n) is 8.49. The standard InChI is InChI=1S/C17H19N3O6S2/c1-12-3-2-4-14(16(12)20(22)23)17(21)18-11-13-5-6-15(27-13)28(24,25)19-7-9-26-10-8-19/h2-6H,7-11H2,1H3,(H,18,21). The molecular formula is C17H19N3O6S2. The third-order valence-electron chi connectivity index (χ3n) is 4.29. The summed E-state index contributed by atoms with van der Waals surface area (Å²) in [5.41, 5.74) is 0.136. The Hall–Kier alpha value is -2.34. The van der Waals surface area contributed by atoms with Crippen LogP contribution in [0.4, 0.5) is 5.69 Å². The van der Waals surface area contributed by atoms with Crippen molar-refractivity contribution in [2.75, 3.05) is 26.3 Å². The van der Waals surface area contributed by atoms with Crippen LogP contribution in [0.5, 0.6) is 0 Å². The molecule has 28 heavy (non-hydrogen) atoms. The number of carbonyl (C=O) groups excluding carboxylic acids is 1. The first kappa shape index (κ1) is 20.4. The fourth-order valence-electron chi connectivity index (χ4n) is 2.85. The van der Waals surface area contributed by atoms with E-state index in [0.717, 1.165) is 11.3 Å². The van der Waals surface area contributed by atoms with Gasteiger partial charge >= 0.3 is 0 Å². The summed E-state index contributed by atoms with van der Waals surface area (Å²) in [5.74, 6) is -0.582. The molecule has 2 aromatic rings. The van der Waals surface area contributed by atoms with Crippen molar-refractivity contribution in [3.8, 4) is 0 Å². The average Bonchev–Trinajstić information content (AvgIpc) is 3.16. The normalized spacial score (nSPS) is 15.3. The number of aryl methyl sites for hydroxylation is 1. The minimum absolute atomic E-state index is 0.0253. The zero-order valence-electron chi connectivity index (χ0n) is 15.1. The summed E-state index contributed by atoms with van der Waals surface area (Å²) in [6.45, 7) is 2.99. The van der Waals surface area contributed by atoms with E-state index < -0.39 is 20.9 Å². The van der Waals surface area contributed by atoms with Gasteiger partial charge in [-0.15, -0.1) is 11.3 Å². The summed E-state index contributed by atoms with van der Waals surface area (Å²) < 4.78 is 32.0. The largest absolute Gasteiger partial charge is 0.379 e. The number of nitro groups is 1. The van der Waals surface area contributed by atoms with Crippen LogP contribution in [0.15, 0.2) is 34.5 Å². The Kier molecular flexibility index (Phi) is 6.08. The molecule has 0 radical (unpaired) electrons. The molecule has 1 amide bonds. The van der Waals surface area contributed by atoms with Crippen molar-refractivity contribution in [1.82, 2.24) is 9.62 Å². The monoisotopic (exact) mass is 425 g/mol. The van der Waals surface area contributed by atoms with Crippen molar-refractivity contribution in [3.05, 3.63) is 56.5 Å².